The molecule has 0 atom stereocenters. The maximum Gasteiger partial charge on any atom is 0.404 e. The highest BCUT2D eigenvalue weighted by Crippen LogP contribution is 2.25. The first-order valence-electron chi connectivity index (χ1n) is 8.40. The zero-order valence-electron chi connectivity index (χ0n) is 14.4. The van der Waals surface area contributed by atoms with E-state index in [0.717, 1.165) is 28.2 Å². The summed E-state index contributed by atoms with van der Waals surface area (Å²) < 4.78 is 2.15. The van der Waals surface area contributed by atoms with Crippen LogP contribution in [-0.2, 0) is 0 Å². The minimum absolute atomic E-state index is 0.888. The highest BCUT2D eigenvalue weighted by molar-refractivity contribution is 5.78. The molecule has 0 radical (unpaired) electrons. The van der Waals surface area contributed by atoms with Gasteiger partial charge < -0.3 is 0 Å². The van der Waals surface area contributed by atoms with Crippen LogP contribution in [0.25, 0.3) is 16.6 Å². The summed E-state index contributed by atoms with van der Waals surface area (Å²) in [6.07, 6.45) is 2.15. The third-order valence-corrected chi connectivity index (χ3v) is 4.45. The Hall–Kier alpha value is -3.20. The number of nitrogens with zero attached hydrogens (tertiary/aromatic N) is 3. The monoisotopic (exact) mass is 326 g/mol. The van der Waals surface area contributed by atoms with Crippen LogP contribution < -0.4 is 9.47 Å². The zero-order chi connectivity index (χ0) is 17.2. The first-order chi connectivity index (χ1) is 12.2. The van der Waals surface area contributed by atoms with Gasteiger partial charge in [-0.2, -0.15) is 0 Å². The Morgan fingerprint density at radius 2 is 1.48 bits per heavy atom. The number of aryl methyl sites for hydroxylation is 1. The molecule has 0 fully saturated rings. The zero-order valence-corrected chi connectivity index (χ0v) is 14.4. The molecule has 0 saturated carbocycles. The van der Waals surface area contributed by atoms with Gasteiger partial charge in [0.25, 0.3) is 0 Å². The third-order valence-electron chi connectivity index (χ3n) is 4.45. The number of fused-ring (bicyclic) bond motifs is 1. The minimum atomic E-state index is 0.888. The maximum atomic E-state index is 4.96. The van der Waals surface area contributed by atoms with Crippen molar-refractivity contribution in [2.75, 3.05) is 11.9 Å². The molecule has 0 amide bonds. The Balaban J connectivity index is 1.96. The van der Waals surface area contributed by atoms with Crippen molar-refractivity contribution >= 4 is 22.5 Å². The lowest BCUT2D eigenvalue weighted by Crippen LogP contribution is -2.38. The van der Waals surface area contributed by atoms with Gasteiger partial charge in [0.2, 0.25) is 0 Å². The van der Waals surface area contributed by atoms with Crippen LogP contribution in [0.1, 0.15) is 5.56 Å². The quantitative estimate of drug-likeness (QED) is 0.513. The highest BCUT2D eigenvalue weighted by Gasteiger charge is 2.23. The van der Waals surface area contributed by atoms with E-state index in [4.69, 9.17) is 4.98 Å². The van der Waals surface area contributed by atoms with E-state index in [1.54, 1.807) is 0 Å². The molecule has 122 valence electrons. The van der Waals surface area contributed by atoms with Crippen LogP contribution in [0.3, 0.4) is 0 Å². The molecule has 0 aliphatic heterocycles. The van der Waals surface area contributed by atoms with E-state index >= 15 is 0 Å². The average Bonchev–Trinajstić information content (AvgIpc) is 2.67. The SMILES string of the molecule is Cc1ccccc1N(C)c1nc2ccccc2c[n+]1-c1ccccc1. The molecule has 4 rings (SSSR count). The average molecular weight is 326 g/mol. The van der Waals surface area contributed by atoms with Crippen LogP contribution in [0, 0.1) is 6.92 Å². The molecular weight excluding hydrogens is 306 g/mol. The first-order valence-corrected chi connectivity index (χ1v) is 8.40. The Bertz CT molecular complexity index is 1030. The van der Waals surface area contributed by atoms with E-state index in [1.807, 2.05) is 18.2 Å². The molecule has 0 aliphatic carbocycles. The molecule has 3 nitrogen and oxygen atoms in total. The number of para-hydroxylation sites is 3. The lowest BCUT2D eigenvalue weighted by atomic mass is 10.2. The van der Waals surface area contributed by atoms with Crippen molar-refractivity contribution in [2.24, 2.45) is 0 Å². The van der Waals surface area contributed by atoms with Crippen LogP contribution in [0.2, 0.25) is 0 Å². The Labute approximate surface area is 147 Å². The lowest BCUT2D eigenvalue weighted by Gasteiger charge is -2.16. The van der Waals surface area contributed by atoms with Crippen LogP contribution in [-0.4, -0.2) is 12.0 Å². The van der Waals surface area contributed by atoms with Crippen LogP contribution in [0.5, 0.6) is 0 Å². The third kappa shape index (κ3) is 2.85. The number of benzene rings is 3. The van der Waals surface area contributed by atoms with Crippen molar-refractivity contribution in [2.45, 2.75) is 6.92 Å². The summed E-state index contributed by atoms with van der Waals surface area (Å²) in [5, 5.41) is 1.12. The summed E-state index contributed by atoms with van der Waals surface area (Å²) in [6, 6.07) is 26.9. The molecule has 0 spiro atoms. The van der Waals surface area contributed by atoms with Gasteiger partial charge in [-0.05, 0) is 42.8 Å². The molecule has 1 heterocycles. The predicted octanol–water partition coefficient (Wildman–Crippen LogP) is 4.59. The van der Waals surface area contributed by atoms with Gasteiger partial charge in [-0.3, -0.25) is 0 Å². The van der Waals surface area contributed by atoms with Crippen LogP contribution in [0.4, 0.5) is 11.6 Å². The smallest absolute Gasteiger partial charge is 0.231 e. The fourth-order valence-electron chi connectivity index (χ4n) is 3.12. The summed E-state index contributed by atoms with van der Waals surface area (Å²) in [5.41, 5.74) is 4.45. The van der Waals surface area contributed by atoms with E-state index in [-0.39, 0.29) is 0 Å². The second-order valence-corrected chi connectivity index (χ2v) is 6.15. The summed E-state index contributed by atoms with van der Waals surface area (Å²) in [7, 11) is 2.07. The summed E-state index contributed by atoms with van der Waals surface area (Å²) in [4.78, 5) is 7.11. The Morgan fingerprint density at radius 3 is 2.28 bits per heavy atom. The number of anilines is 2. The van der Waals surface area contributed by atoms with Gasteiger partial charge >= 0.3 is 5.95 Å². The summed E-state index contributed by atoms with van der Waals surface area (Å²) in [6.45, 7) is 2.12. The maximum absolute atomic E-state index is 4.96. The highest BCUT2D eigenvalue weighted by atomic mass is 15.3. The molecule has 25 heavy (non-hydrogen) atoms. The number of aromatic nitrogens is 2. The topological polar surface area (TPSA) is 20.0 Å². The molecule has 0 saturated heterocycles. The van der Waals surface area contributed by atoms with E-state index in [9.17, 15) is 0 Å². The van der Waals surface area contributed by atoms with Gasteiger partial charge in [0.15, 0.2) is 5.52 Å². The summed E-state index contributed by atoms with van der Waals surface area (Å²) in [5.74, 6) is 0.888. The predicted molar refractivity (Wildman–Crippen MR) is 103 cm³/mol. The standard InChI is InChI=1S/C22H20N3/c1-17-10-6-9-15-21(17)24(2)22-23-20-14-8-7-11-18(20)16-25(22)19-12-4-3-5-13-19/h3-16H,1-2H3/q+1. The molecule has 1 aromatic heterocycles. The largest absolute Gasteiger partial charge is 0.404 e. The van der Waals surface area contributed by atoms with Crippen LogP contribution in [0.15, 0.2) is 85.1 Å². The van der Waals surface area contributed by atoms with E-state index < -0.39 is 0 Å². The second-order valence-electron chi connectivity index (χ2n) is 6.15. The van der Waals surface area contributed by atoms with Crippen molar-refractivity contribution in [3.63, 3.8) is 0 Å². The molecule has 0 unspecified atom stereocenters. The van der Waals surface area contributed by atoms with Crippen molar-refractivity contribution in [3.8, 4) is 5.69 Å². The van der Waals surface area contributed by atoms with Gasteiger partial charge in [-0.15, -0.1) is 0 Å². The van der Waals surface area contributed by atoms with Gasteiger partial charge in [0, 0.05) is 5.39 Å². The molecule has 0 aliphatic rings. The second kappa shape index (κ2) is 6.36. The van der Waals surface area contributed by atoms with Crippen molar-refractivity contribution in [1.29, 1.82) is 0 Å². The number of rotatable bonds is 3. The minimum Gasteiger partial charge on any atom is -0.231 e. The van der Waals surface area contributed by atoms with Crippen molar-refractivity contribution < 1.29 is 4.57 Å². The first kappa shape index (κ1) is 15.3. The van der Waals surface area contributed by atoms with Crippen molar-refractivity contribution in [1.82, 2.24) is 4.98 Å². The van der Waals surface area contributed by atoms with Gasteiger partial charge in [0.1, 0.15) is 11.4 Å². The number of hydrogen-bond acceptors (Lipinski definition) is 2. The molecular formula is C22H20N3+. The fourth-order valence-corrected chi connectivity index (χ4v) is 3.12. The lowest BCUT2D eigenvalue weighted by molar-refractivity contribution is -0.583. The van der Waals surface area contributed by atoms with Crippen LogP contribution >= 0.6 is 0 Å². The van der Waals surface area contributed by atoms with E-state index in [1.165, 1.54) is 5.56 Å². The normalized spacial score (nSPS) is 10.8. The molecule has 4 aromatic rings. The fraction of sp³-hybridized carbons (Fsp3) is 0.0909. The van der Waals surface area contributed by atoms with Crippen molar-refractivity contribution in [3.05, 3.63) is 90.6 Å². The molecule has 3 heteroatoms. The molecule has 3 aromatic carbocycles. The van der Waals surface area contributed by atoms with E-state index in [0.29, 0.717) is 0 Å². The van der Waals surface area contributed by atoms with Gasteiger partial charge in [-0.25, -0.2) is 9.47 Å². The molecule has 0 N–H and O–H groups in total. The molecule has 0 bridgehead atoms. The summed E-state index contributed by atoms with van der Waals surface area (Å²) >= 11 is 0. The van der Waals surface area contributed by atoms with Gasteiger partial charge in [0.05, 0.1) is 13.2 Å². The Kier molecular flexibility index (Phi) is 3.90. The Morgan fingerprint density at radius 1 is 0.800 bits per heavy atom. The number of hydrogen-bond donors (Lipinski definition) is 0. The van der Waals surface area contributed by atoms with E-state index in [2.05, 4.69) is 90.3 Å². The van der Waals surface area contributed by atoms with Gasteiger partial charge in [-0.1, -0.05) is 53.5 Å².